The minimum Gasteiger partial charge on any atom is -0.207 e. The maximum atomic E-state index is 13.9. The third-order valence-corrected chi connectivity index (χ3v) is 7.65. The SMILES string of the molecule is O=S(=O)(c1ccc(F)cc1F)N1CCS[C@@H](c2ccccc2Cl)CC1. The fourth-order valence-electron chi connectivity index (χ4n) is 2.80. The lowest BCUT2D eigenvalue weighted by molar-refractivity contribution is 0.423. The van der Waals surface area contributed by atoms with Crippen LogP contribution in [0, 0.1) is 11.6 Å². The molecule has 1 saturated heterocycles. The summed E-state index contributed by atoms with van der Waals surface area (Å²) in [6, 6.07) is 10.0. The predicted molar refractivity (Wildman–Crippen MR) is 96.4 cm³/mol. The topological polar surface area (TPSA) is 37.4 Å². The van der Waals surface area contributed by atoms with Crippen LogP contribution in [0.15, 0.2) is 47.4 Å². The molecule has 134 valence electrons. The number of hydrogen-bond donors (Lipinski definition) is 0. The molecule has 1 aliphatic heterocycles. The number of halogens is 3. The Labute approximate surface area is 155 Å². The molecule has 1 heterocycles. The molecule has 3 rings (SSSR count). The normalized spacial score (nSPS) is 19.6. The van der Waals surface area contributed by atoms with Gasteiger partial charge in [0.25, 0.3) is 0 Å². The van der Waals surface area contributed by atoms with E-state index < -0.39 is 26.6 Å². The van der Waals surface area contributed by atoms with Gasteiger partial charge in [0.2, 0.25) is 10.0 Å². The first-order chi connectivity index (χ1) is 11.9. The molecule has 2 aromatic carbocycles. The van der Waals surface area contributed by atoms with E-state index in [0.717, 1.165) is 17.7 Å². The summed E-state index contributed by atoms with van der Waals surface area (Å²) in [5.74, 6) is -1.31. The number of nitrogens with zero attached hydrogens (tertiary/aromatic N) is 1. The van der Waals surface area contributed by atoms with Gasteiger partial charge in [-0.15, -0.1) is 0 Å². The fraction of sp³-hybridized carbons (Fsp3) is 0.294. The second kappa shape index (κ2) is 7.61. The van der Waals surface area contributed by atoms with Crippen molar-refractivity contribution >= 4 is 33.4 Å². The molecule has 3 nitrogen and oxygen atoms in total. The van der Waals surface area contributed by atoms with Crippen LogP contribution in [-0.4, -0.2) is 31.6 Å². The first-order valence-electron chi connectivity index (χ1n) is 7.71. The van der Waals surface area contributed by atoms with Crippen molar-refractivity contribution in [2.24, 2.45) is 0 Å². The second-order valence-electron chi connectivity index (χ2n) is 5.65. The zero-order valence-corrected chi connectivity index (χ0v) is 15.6. The van der Waals surface area contributed by atoms with Crippen molar-refractivity contribution in [2.75, 3.05) is 18.8 Å². The molecule has 0 spiro atoms. The van der Waals surface area contributed by atoms with Crippen molar-refractivity contribution in [3.05, 3.63) is 64.7 Å². The van der Waals surface area contributed by atoms with Crippen molar-refractivity contribution in [3.63, 3.8) is 0 Å². The Kier molecular flexibility index (Phi) is 5.68. The van der Waals surface area contributed by atoms with E-state index in [1.165, 1.54) is 4.31 Å². The highest BCUT2D eigenvalue weighted by Gasteiger charge is 2.31. The minimum atomic E-state index is -4.00. The molecule has 8 heteroatoms. The summed E-state index contributed by atoms with van der Waals surface area (Å²) in [7, 11) is -4.00. The molecule has 0 radical (unpaired) electrons. The third kappa shape index (κ3) is 4.00. The summed E-state index contributed by atoms with van der Waals surface area (Å²) in [6.45, 7) is 0.521. The van der Waals surface area contributed by atoms with E-state index in [-0.39, 0.29) is 18.3 Å². The van der Waals surface area contributed by atoms with Gasteiger partial charge in [-0.05, 0) is 30.2 Å². The standard InChI is InChI=1S/C17H16ClF2NO2S2/c18-14-4-2-1-3-13(14)16-7-8-21(9-10-24-16)25(22,23)17-6-5-12(19)11-15(17)20/h1-6,11,16H,7-10H2/t16-/m1/s1. The number of benzene rings is 2. The fourth-order valence-corrected chi connectivity index (χ4v) is 6.01. The van der Waals surface area contributed by atoms with Crippen LogP contribution in [0.2, 0.25) is 5.02 Å². The zero-order chi connectivity index (χ0) is 18.0. The van der Waals surface area contributed by atoms with Gasteiger partial charge < -0.3 is 0 Å². The number of rotatable bonds is 3. The lowest BCUT2D eigenvalue weighted by Gasteiger charge is -2.20. The largest absolute Gasteiger partial charge is 0.246 e. The molecule has 25 heavy (non-hydrogen) atoms. The Morgan fingerprint density at radius 1 is 1.12 bits per heavy atom. The number of thioether (sulfide) groups is 1. The number of hydrogen-bond acceptors (Lipinski definition) is 3. The van der Waals surface area contributed by atoms with E-state index in [1.54, 1.807) is 11.8 Å². The molecule has 0 N–H and O–H groups in total. The van der Waals surface area contributed by atoms with Crippen LogP contribution in [0.4, 0.5) is 8.78 Å². The van der Waals surface area contributed by atoms with Crippen LogP contribution < -0.4 is 0 Å². The summed E-state index contributed by atoms with van der Waals surface area (Å²) in [5.41, 5.74) is 0.973. The molecular formula is C17H16ClF2NO2S2. The van der Waals surface area contributed by atoms with Crippen LogP contribution in [0.25, 0.3) is 0 Å². The molecule has 0 saturated carbocycles. The molecule has 2 aromatic rings. The molecular weight excluding hydrogens is 388 g/mol. The summed E-state index contributed by atoms with van der Waals surface area (Å²) in [5, 5.41) is 0.729. The van der Waals surface area contributed by atoms with Gasteiger partial charge in [0.05, 0.1) is 0 Å². The van der Waals surface area contributed by atoms with Crippen molar-refractivity contribution in [1.29, 1.82) is 0 Å². The van der Waals surface area contributed by atoms with Gasteiger partial charge in [0, 0.05) is 35.2 Å². The first-order valence-corrected chi connectivity index (χ1v) is 10.6. The van der Waals surface area contributed by atoms with E-state index in [2.05, 4.69) is 0 Å². The molecule has 1 aliphatic rings. The highest BCUT2D eigenvalue weighted by molar-refractivity contribution is 7.99. The van der Waals surface area contributed by atoms with Gasteiger partial charge >= 0.3 is 0 Å². The van der Waals surface area contributed by atoms with Gasteiger partial charge in [-0.1, -0.05) is 29.8 Å². The Hall–Kier alpha value is -1.15. The van der Waals surface area contributed by atoms with E-state index in [4.69, 9.17) is 11.6 Å². The molecule has 1 atom stereocenters. The van der Waals surface area contributed by atoms with E-state index >= 15 is 0 Å². The molecule has 0 unspecified atom stereocenters. The monoisotopic (exact) mass is 403 g/mol. The van der Waals surface area contributed by atoms with E-state index in [9.17, 15) is 17.2 Å². The number of sulfonamides is 1. The Bertz CT molecular complexity index is 877. The Morgan fingerprint density at radius 2 is 1.88 bits per heavy atom. The molecule has 0 bridgehead atoms. The van der Waals surface area contributed by atoms with Crippen molar-refractivity contribution < 1.29 is 17.2 Å². The molecule has 1 fully saturated rings. The summed E-state index contributed by atoms with van der Waals surface area (Å²) in [6.07, 6.45) is 0.566. The second-order valence-corrected chi connectivity index (χ2v) is 9.27. The highest BCUT2D eigenvalue weighted by Crippen LogP contribution is 2.38. The van der Waals surface area contributed by atoms with E-state index in [1.807, 2.05) is 24.3 Å². The summed E-state index contributed by atoms with van der Waals surface area (Å²) >= 11 is 7.87. The van der Waals surface area contributed by atoms with Gasteiger partial charge in [-0.25, -0.2) is 17.2 Å². The predicted octanol–water partition coefficient (Wildman–Crippen LogP) is 4.49. The van der Waals surface area contributed by atoms with Crippen LogP contribution in [0.5, 0.6) is 0 Å². The van der Waals surface area contributed by atoms with Gasteiger partial charge in [-0.3, -0.25) is 0 Å². The average molecular weight is 404 g/mol. The van der Waals surface area contributed by atoms with Crippen LogP contribution in [0.3, 0.4) is 0 Å². The lowest BCUT2D eigenvalue weighted by Crippen LogP contribution is -2.33. The molecule has 0 aromatic heterocycles. The minimum absolute atomic E-state index is 0.0759. The van der Waals surface area contributed by atoms with Gasteiger partial charge in [-0.2, -0.15) is 16.1 Å². The Balaban J connectivity index is 1.82. The van der Waals surface area contributed by atoms with Crippen LogP contribution in [0.1, 0.15) is 17.2 Å². The third-order valence-electron chi connectivity index (χ3n) is 4.06. The zero-order valence-electron chi connectivity index (χ0n) is 13.2. The molecule has 0 amide bonds. The van der Waals surface area contributed by atoms with Crippen molar-refractivity contribution in [2.45, 2.75) is 16.6 Å². The summed E-state index contributed by atoms with van der Waals surface area (Å²) in [4.78, 5) is -0.491. The van der Waals surface area contributed by atoms with Crippen molar-refractivity contribution in [1.82, 2.24) is 4.31 Å². The summed E-state index contributed by atoms with van der Waals surface area (Å²) < 4.78 is 53.7. The quantitative estimate of drug-likeness (QED) is 0.757. The highest BCUT2D eigenvalue weighted by atomic mass is 35.5. The maximum absolute atomic E-state index is 13.9. The molecule has 0 aliphatic carbocycles. The Morgan fingerprint density at radius 3 is 2.60 bits per heavy atom. The average Bonchev–Trinajstić information content (AvgIpc) is 2.81. The smallest absolute Gasteiger partial charge is 0.207 e. The van der Waals surface area contributed by atoms with E-state index in [0.29, 0.717) is 23.3 Å². The first kappa shape index (κ1) is 18.6. The van der Waals surface area contributed by atoms with Crippen LogP contribution in [-0.2, 0) is 10.0 Å². The maximum Gasteiger partial charge on any atom is 0.246 e. The van der Waals surface area contributed by atoms with Gasteiger partial charge in [0.1, 0.15) is 16.5 Å². The van der Waals surface area contributed by atoms with Crippen LogP contribution >= 0.6 is 23.4 Å². The lowest BCUT2D eigenvalue weighted by atomic mass is 10.1. The van der Waals surface area contributed by atoms with Crippen molar-refractivity contribution in [3.8, 4) is 0 Å². The van der Waals surface area contributed by atoms with Gasteiger partial charge in [0.15, 0.2) is 0 Å².